The van der Waals surface area contributed by atoms with Crippen molar-refractivity contribution >= 4 is 5.78 Å². The molecule has 0 amide bonds. The highest BCUT2D eigenvalue weighted by Gasteiger charge is 2.36. The van der Waals surface area contributed by atoms with Crippen molar-refractivity contribution in [2.24, 2.45) is 11.8 Å². The SMILES string of the molecule is CCC1CCCCC1C(=O)C1CN(C(C)C)CCO1. The van der Waals surface area contributed by atoms with E-state index in [1.54, 1.807) is 0 Å². The lowest BCUT2D eigenvalue weighted by atomic mass is 9.74. The first-order valence-corrected chi connectivity index (χ1v) is 8.02. The van der Waals surface area contributed by atoms with Crippen molar-refractivity contribution in [1.82, 2.24) is 4.90 Å². The summed E-state index contributed by atoms with van der Waals surface area (Å²) in [5.74, 6) is 1.24. The smallest absolute Gasteiger partial charge is 0.166 e. The minimum Gasteiger partial charge on any atom is -0.368 e. The van der Waals surface area contributed by atoms with Crippen LogP contribution in [0.25, 0.3) is 0 Å². The minimum atomic E-state index is -0.173. The van der Waals surface area contributed by atoms with Crippen LogP contribution in [0.4, 0.5) is 0 Å². The highest BCUT2D eigenvalue weighted by Crippen LogP contribution is 2.34. The zero-order valence-corrected chi connectivity index (χ0v) is 12.7. The van der Waals surface area contributed by atoms with Crippen molar-refractivity contribution in [3.8, 4) is 0 Å². The fourth-order valence-corrected chi connectivity index (χ4v) is 3.62. The molecule has 1 heterocycles. The van der Waals surface area contributed by atoms with Crippen LogP contribution in [0.3, 0.4) is 0 Å². The first-order chi connectivity index (χ1) is 9.13. The zero-order chi connectivity index (χ0) is 13.8. The highest BCUT2D eigenvalue weighted by atomic mass is 16.5. The standard InChI is InChI=1S/C16H29NO2/c1-4-13-7-5-6-8-14(13)16(18)15-11-17(12(2)3)9-10-19-15/h12-15H,4-11H2,1-3H3. The Morgan fingerprint density at radius 3 is 2.74 bits per heavy atom. The van der Waals surface area contributed by atoms with E-state index in [0.717, 1.165) is 25.9 Å². The van der Waals surface area contributed by atoms with Gasteiger partial charge in [0.2, 0.25) is 0 Å². The summed E-state index contributed by atoms with van der Waals surface area (Å²) in [5.41, 5.74) is 0. The van der Waals surface area contributed by atoms with Crippen LogP contribution in [0.2, 0.25) is 0 Å². The Bertz CT molecular complexity index is 303. The number of nitrogens with zero attached hydrogens (tertiary/aromatic N) is 1. The maximum Gasteiger partial charge on any atom is 0.166 e. The Hall–Kier alpha value is -0.410. The molecule has 3 atom stereocenters. The van der Waals surface area contributed by atoms with Gasteiger partial charge in [-0.05, 0) is 32.6 Å². The molecule has 3 unspecified atom stereocenters. The normalized spacial score (nSPS) is 33.6. The van der Waals surface area contributed by atoms with E-state index in [1.165, 1.54) is 19.3 Å². The van der Waals surface area contributed by atoms with E-state index in [-0.39, 0.29) is 12.0 Å². The average molecular weight is 267 g/mol. The first kappa shape index (κ1) is 15.0. The van der Waals surface area contributed by atoms with Crippen molar-refractivity contribution in [2.75, 3.05) is 19.7 Å². The molecule has 1 aliphatic carbocycles. The second kappa shape index (κ2) is 6.85. The topological polar surface area (TPSA) is 29.5 Å². The molecule has 3 heteroatoms. The molecule has 0 N–H and O–H groups in total. The van der Waals surface area contributed by atoms with Gasteiger partial charge in [0.1, 0.15) is 6.10 Å². The van der Waals surface area contributed by atoms with Gasteiger partial charge in [0.25, 0.3) is 0 Å². The van der Waals surface area contributed by atoms with Crippen LogP contribution in [0.1, 0.15) is 52.9 Å². The van der Waals surface area contributed by atoms with Crippen molar-refractivity contribution in [3.05, 3.63) is 0 Å². The predicted octanol–water partition coefficient (Wildman–Crippen LogP) is 2.88. The van der Waals surface area contributed by atoms with E-state index in [2.05, 4.69) is 25.7 Å². The molecule has 2 fully saturated rings. The molecule has 1 saturated carbocycles. The molecule has 19 heavy (non-hydrogen) atoms. The van der Waals surface area contributed by atoms with Crippen molar-refractivity contribution in [2.45, 2.75) is 65.0 Å². The number of ketones is 1. The highest BCUT2D eigenvalue weighted by molar-refractivity contribution is 5.86. The molecule has 1 aliphatic heterocycles. The van der Waals surface area contributed by atoms with E-state index in [9.17, 15) is 4.79 Å². The van der Waals surface area contributed by atoms with Gasteiger partial charge in [-0.1, -0.05) is 26.2 Å². The monoisotopic (exact) mass is 267 g/mol. The number of carbonyl (C=O) groups excluding carboxylic acids is 1. The van der Waals surface area contributed by atoms with Crippen molar-refractivity contribution in [3.63, 3.8) is 0 Å². The van der Waals surface area contributed by atoms with Crippen molar-refractivity contribution < 1.29 is 9.53 Å². The summed E-state index contributed by atoms with van der Waals surface area (Å²) in [6, 6.07) is 0.507. The van der Waals surface area contributed by atoms with Gasteiger partial charge in [0.15, 0.2) is 5.78 Å². The molecule has 110 valence electrons. The molecule has 0 radical (unpaired) electrons. The number of rotatable bonds is 4. The minimum absolute atomic E-state index is 0.173. The molecule has 3 nitrogen and oxygen atoms in total. The molecule has 0 aromatic carbocycles. The Morgan fingerprint density at radius 1 is 1.32 bits per heavy atom. The molecule has 0 spiro atoms. The van der Waals surface area contributed by atoms with Gasteiger partial charge in [-0.3, -0.25) is 9.69 Å². The molecular formula is C16H29NO2. The van der Waals surface area contributed by atoms with E-state index >= 15 is 0 Å². The molecule has 0 aromatic rings. The summed E-state index contributed by atoms with van der Waals surface area (Å²) in [4.78, 5) is 15.1. The molecular weight excluding hydrogens is 238 g/mol. The zero-order valence-electron chi connectivity index (χ0n) is 12.7. The van der Waals surface area contributed by atoms with E-state index < -0.39 is 0 Å². The molecule has 0 bridgehead atoms. The summed E-state index contributed by atoms with van der Waals surface area (Å²) >= 11 is 0. The van der Waals surface area contributed by atoms with Crippen LogP contribution >= 0.6 is 0 Å². The molecule has 0 aromatic heterocycles. The Labute approximate surface area is 117 Å². The van der Waals surface area contributed by atoms with Crippen LogP contribution in [0, 0.1) is 11.8 Å². The number of ether oxygens (including phenoxy) is 1. The van der Waals surface area contributed by atoms with E-state index in [1.807, 2.05) is 0 Å². The maximum absolute atomic E-state index is 12.7. The lowest BCUT2D eigenvalue weighted by Gasteiger charge is -2.38. The van der Waals surface area contributed by atoms with Crippen molar-refractivity contribution in [1.29, 1.82) is 0 Å². The van der Waals surface area contributed by atoms with Crippen LogP contribution in [-0.4, -0.2) is 42.5 Å². The first-order valence-electron chi connectivity index (χ1n) is 8.02. The van der Waals surface area contributed by atoms with Crippen LogP contribution < -0.4 is 0 Å². The maximum atomic E-state index is 12.7. The van der Waals surface area contributed by atoms with Crippen LogP contribution in [0.5, 0.6) is 0 Å². The van der Waals surface area contributed by atoms with Gasteiger partial charge in [-0.15, -0.1) is 0 Å². The Morgan fingerprint density at radius 2 is 2.05 bits per heavy atom. The summed E-state index contributed by atoms with van der Waals surface area (Å²) in [7, 11) is 0. The lowest BCUT2D eigenvalue weighted by molar-refractivity contribution is -0.144. The van der Waals surface area contributed by atoms with Gasteiger partial charge in [0.05, 0.1) is 6.61 Å². The number of hydrogen-bond acceptors (Lipinski definition) is 3. The summed E-state index contributed by atoms with van der Waals surface area (Å²) < 4.78 is 5.77. The van der Waals surface area contributed by atoms with Crippen LogP contribution in [0.15, 0.2) is 0 Å². The van der Waals surface area contributed by atoms with Gasteiger partial charge < -0.3 is 4.74 Å². The molecule has 2 rings (SSSR count). The second-order valence-electron chi connectivity index (χ2n) is 6.41. The third-order valence-electron chi connectivity index (χ3n) is 4.94. The Kier molecular flexibility index (Phi) is 5.40. The third-order valence-corrected chi connectivity index (χ3v) is 4.94. The number of morpholine rings is 1. The summed E-state index contributed by atoms with van der Waals surface area (Å²) in [6.45, 7) is 9.08. The fraction of sp³-hybridized carbons (Fsp3) is 0.938. The molecule has 1 saturated heterocycles. The second-order valence-corrected chi connectivity index (χ2v) is 6.41. The third kappa shape index (κ3) is 3.57. The number of Topliss-reactive ketones (excluding diaryl/α,β-unsaturated/α-hetero) is 1. The van der Waals surface area contributed by atoms with Gasteiger partial charge in [0, 0.05) is 25.0 Å². The largest absolute Gasteiger partial charge is 0.368 e. The number of hydrogen-bond donors (Lipinski definition) is 0. The van der Waals surface area contributed by atoms with Gasteiger partial charge in [-0.2, -0.15) is 0 Å². The van der Waals surface area contributed by atoms with Gasteiger partial charge in [-0.25, -0.2) is 0 Å². The average Bonchev–Trinajstić information content (AvgIpc) is 2.46. The van der Waals surface area contributed by atoms with E-state index in [0.29, 0.717) is 24.3 Å². The lowest BCUT2D eigenvalue weighted by Crippen LogP contribution is -2.51. The Balaban J connectivity index is 1.97. The number of carbonyl (C=O) groups is 1. The summed E-state index contributed by atoms with van der Waals surface area (Å²) in [5, 5.41) is 0. The fourth-order valence-electron chi connectivity index (χ4n) is 3.62. The summed E-state index contributed by atoms with van der Waals surface area (Å²) in [6.07, 6.45) is 5.79. The van der Waals surface area contributed by atoms with Crippen LogP contribution in [-0.2, 0) is 9.53 Å². The quantitative estimate of drug-likeness (QED) is 0.784. The van der Waals surface area contributed by atoms with Gasteiger partial charge >= 0.3 is 0 Å². The predicted molar refractivity (Wildman–Crippen MR) is 77.2 cm³/mol. The molecule has 2 aliphatic rings. The van der Waals surface area contributed by atoms with E-state index in [4.69, 9.17) is 4.74 Å².